The summed E-state index contributed by atoms with van der Waals surface area (Å²) in [5.74, 6) is -0.714. The van der Waals surface area contributed by atoms with E-state index < -0.39 is 44.3 Å². The normalized spacial score (nSPS) is 15.4. The Bertz CT molecular complexity index is 1130. The number of sulfone groups is 1. The van der Waals surface area contributed by atoms with Gasteiger partial charge < -0.3 is 14.4 Å². The van der Waals surface area contributed by atoms with Gasteiger partial charge in [-0.05, 0) is 20.8 Å². The molecule has 1 saturated heterocycles. The molecular weight excluding hydrogens is 455 g/mol. The van der Waals surface area contributed by atoms with Crippen molar-refractivity contribution in [1.82, 2.24) is 24.6 Å². The van der Waals surface area contributed by atoms with Gasteiger partial charge in [-0.25, -0.2) is 23.2 Å². The Kier molecular flexibility index (Phi) is 5.87. The summed E-state index contributed by atoms with van der Waals surface area (Å²) in [4.78, 5) is 20.5. The SMILES string of the molecule is COc1c(-c2cnn(C3CN(C(=O)OC(C)(C)C)C3)c2)nc(S(C)(=O)=O)nc1C(F)(F)F. The highest BCUT2D eigenvalue weighted by atomic mass is 32.2. The highest BCUT2D eigenvalue weighted by Crippen LogP contribution is 2.40. The molecule has 0 atom stereocenters. The predicted molar refractivity (Wildman–Crippen MR) is 105 cm³/mol. The summed E-state index contributed by atoms with van der Waals surface area (Å²) in [6.45, 7) is 5.82. The molecule has 10 nitrogen and oxygen atoms in total. The minimum atomic E-state index is -4.97. The van der Waals surface area contributed by atoms with E-state index in [1.54, 1.807) is 20.8 Å². The van der Waals surface area contributed by atoms with Crippen molar-refractivity contribution in [3.05, 3.63) is 18.1 Å². The first kappa shape index (κ1) is 23.8. The van der Waals surface area contributed by atoms with Crippen molar-refractivity contribution < 1.29 is 35.9 Å². The quantitative estimate of drug-likeness (QED) is 0.617. The number of amides is 1. The summed E-state index contributed by atoms with van der Waals surface area (Å²) in [6.07, 6.45) is -2.09. The minimum absolute atomic E-state index is 0.107. The Balaban J connectivity index is 1.92. The lowest BCUT2D eigenvalue weighted by molar-refractivity contribution is -0.142. The van der Waals surface area contributed by atoms with Gasteiger partial charge >= 0.3 is 12.3 Å². The molecule has 2 aromatic rings. The van der Waals surface area contributed by atoms with Crippen molar-refractivity contribution in [1.29, 1.82) is 0 Å². The molecule has 0 spiro atoms. The molecule has 32 heavy (non-hydrogen) atoms. The van der Waals surface area contributed by atoms with Crippen molar-refractivity contribution in [2.45, 2.75) is 43.7 Å². The van der Waals surface area contributed by atoms with Gasteiger partial charge in [0, 0.05) is 31.1 Å². The maximum Gasteiger partial charge on any atom is 0.437 e. The highest BCUT2D eigenvalue weighted by molar-refractivity contribution is 7.90. The third kappa shape index (κ3) is 4.95. The van der Waals surface area contributed by atoms with Gasteiger partial charge in [-0.15, -0.1) is 0 Å². The van der Waals surface area contributed by atoms with Crippen LogP contribution in [-0.2, 0) is 20.8 Å². The molecule has 176 valence electrons. The summed E-state index contributed by atoms with van der Waals surface area (Å²) in [7, 11) is -3.13. The van der Waals surface area contributed by atoms with Crippen LogP contribution < -0.4 is 4.74 Å². The topological polar surface area (TPSA) is 117 Å². The van der Waals surface area contributed by atoms with Crippen molar-refractivity contribution in [2.24, 2.45) is 0 Å². The predicted octanol–water partition coefficient (Wildman–Crippen LogP) is 2.56. The second-order valence-corrected chi connectivity index (χ2v) is 10.2. The molecule has 0 unspecified atom stereocenters. The Morgan fingerprint density at radius 2 is 1.81 bits per heavy atom. The van der Waals surface area contributed by atoms with Crippen LogP contribution in [0.4, 0.5) is 18.0 Å². The molecule has 0 aliphatic carbocycles. The standard InChI is InChI=1S/C18H22F3N5O5S/c1-17(2,3)31-16(27)25-8-11(9-25)26-7-10(6-22-26)12-13(30-4)14(18(19,20)21)24-15(23-12)32(5,28)29/h6-7,11H,8-9H2,1-5H3. The van der Waals surface area contributed by atoms with Gasteiger partial charge in [0.1, 0.15) is 11.3 Å². The van der Waals surface area contributed by atoms with Crippen molar-refractivity contribution >= 4 is 15.9 Å². The van der Waals surface area contributed by atoms with E-state index in [-0.39, 0.29) is 17.3 Å². The molecule has 14 heteroatoms. The maximum absolute atomic E-state index is 13.5. The van der Waals surface area contributed by atoms with E-state index in [0.29, 0.717) is 19.3 Å². The van der Waals surface area contributed by atoms with Crippen LogP contribution in [0.25, 0.3) is 11.3 Å². The number of carbonyl (C=O) groups excluding carboxylic acids is 1. The molecule has 1 aliphatic rings. The monoisotopic (exact) mass is 477 g/mol. The number of alkyl halides is 3. The number of hydrogen-bond donors (Lipinski definition) is 0. The largest absolute Gasteiger partial charge is 0.492 e. The summed E-state index contributed by atoms with van der Waals surface area (Å²) in [5, 5.41) is 3.15. The number of methoxy groups -OCH3 is 1. The zero-order valence-electron chi connectivity index (χ0n) is 18.0. The average Bonchev–Trinajstić information content (AvgIpc) is 3.05. The molecule has 1 amide bonds. The van der Waals surface area contributed by atoms with E-state index in [9.17, 15) is 26.4 Å². The zero-order valence-corrected chi connectivity index (χ0v) is 18.8. The number of aromatic nitrogens is 4. The number of likely N-dealkylation sites (tertiary alicyclic amines) is 1. The summed E-state index contributed by atoms with van der Waals surface area (Å²) >= 11 is 0. The third-order valence-corrected chi connectivity index (χ3v) is 5.26. The summed E-state index contributed by atoms with van der Waals surface area (Å²) < 4.78 is 75.8. The Labute approximate surface area is 182 Å². The maximum atomic E-state index is 13.5. The van der Waals surface area contributed by atoms with E-state index in [0.717, 1.165) is 7.11 Å². The number of carbonyl (C=O) groups is 1. The Hall–Kier alpha value is -2.90. The van der Waals surface area contributed by atoms with Crippen LogP contribution in [0, 0.1) is 0 Å². The van der Waals surface area contributed by atoms with Crippen LogP contribution in [0.5, 0.6) is 5.75 Å². The Morgan fingerprint density at radius 3 is 2.31 bits per heavy atom. The number of hydrogen-bond acceptors (Lipinski definition) is 8. The van der Waals surface area contributed by atoms with Gasteiger partial charge in [0.2, 0.25) is 15.0 Å². The van der Waals surface area contributed by atoms with Gasteiger partial charge in [0.25, 0.3) is 0 Å². The van der Waals surface area contributed by atoms with Gasteiger partial charge in [0.15, 0.2) is 11.4 Å². The lowest BCUT2D eigenvalue weighted by Gasteiger charge is -2.39. The minimum Gasteiger partial charge on any atom is -0.492 e. The summed E-state index contributed by atoms with van der Waals surface area (Å²) in [6, 6.07) is -0.236. The first-order valence-electron chi connectivity index (χ1n) is 9.36. The van der Waals surface area contributed by atoms with Crippen molar-refractivity contribution in [3.8, 4) is 17.0 Å². The molecule has 1 aliphatic heterocycles. The van der Waals surface area contributed by atoms with Gasteiger partial charge in [-0.3, -0.25) is 4.68 Å². The lowest BCUT2D eigenvalue weighted by atomic mass is 10.1. The molecular formula is C18H22F3N5O5S. The smallest absolute Gasteiger partial charge is 0.437 e. The van der Waals surface area contributed by atoms with Crippen LogP contribution in [-0.4, -0.2) is 71.2 Å². The fraction of sp³-hybridized carbons (Fsp3) is 0.556. The van der Waals surface area contributed by atoms with E-state index in [4.69, 9.17) is 9.47 Å². The lowest BCUT2D eigenvalue weighted by Crippen LogP contribution is -2.52. The molecule has 0 radical (unpaired) electrons. The fourth-order valence-electron chi connectivity index (χ4n) is 2.94. The number of nitrogens with zero attached hydrogens (tertiary/aromatic N) is 5. The van der Waals surface area contributed by atoms with Crippen molar-refractivity contribution in [2.75, 3.05) is 26.5 Å². The van der Waals surface area contributed by atoms with E-state index in [1.807, 2.05) is 0 Å². The molecule has 3 heterocycles. The molecule has 0 bridgehead atoms. The second-order valence-electron chi connectivity index (χ2n) is 8.25. The van der Waals surface area contributed by atoms with Crippen LogP contribution in [0.1, 0.15) is 32.5 Å². The molecule has 0 aromatic carbocycles. The van der Waals surface area contributed by atoms with Crippen LogP contribution in [0.3, 0.4) is 0 Å². The van der Waals surface area contributed by atoms with Crippen molar-refractivity contribution in [3.63, 3.8) is 0 Å². The number of ether oxygens (including phenoxy) is 2. The average molecular weight is 477 g/mol. The van der Waals surface area contributed by atoms with Gasteiger partial charge in [-0.1, -0.05) is 0 Å². The van der Waals surface area contributed by atoms with E-state index in [2.05, 4.69) is 15.1 Å². The highest BCUT2D eigenvalue weighted by Gasteiger charge is 2.40. The molecule has 0 saturated carbocycles. The van der Waals surface area contributed by atoms with Crippen LogP contribution in [0.2, 0.25) is 0 Å². The molecule has 1 fully saturated rings. The third-order valence-electron chi connectivity index (χ3n) is 4.41. The van der Waals surface area contributed by atoms with E-state index >= 15 is 0 Å². The zero-order chi connectivity index (χ0) is 24.1. The number of rotatable bonds is 4. The van der Waals surface area contributed by atoms with Gasteiger partial charge in [-0.2, -0.15) is 18.3 Å². The first-order valence-corrected chi connectivity index (χ1v) is 11.2. The summed E-state index contributed by atoms with van der Waals surface area (Å²) in [5.41, 5.74) is -2.39. The van der Waals surface area contributed by atoms with Crippen LogP contribution >= 0.6 is 0 Å². The van der Waals surface area contributed by atoms with E-state index in [1.165, 1.54) is 22.0 Å². The molecule has 3 rings (SSSR count). The Morgan fingerprint density at radius 1 is 1.19 bits per heavy atom. The van der Waals surface area contributed by atoms with Crippen LogP contribution in [0.15, 0.2) is 17.6 Å². The fourth-order valence-corrected chi connectivity index (χ4v) is 3.45. The van der Waals surface area contributed by atoms with Gasteiger partial charge in [0.05, 0.1) is 19.3 Å². The molecule has 2 aromatic heterocycles. The first-order chi connectivity index (χ1) is 14.6. The second kappa shape index (κ2) is 7.90. The number of halogens is 3. The molecule has 0 N–H and O–H groups in total.